The Bertz CT molecular complexity index is 355. The molecule has 1 aromatic carbocycles. The fourth-order valence-electron chi connectivity index (χ4n) is 2.41. The van der Waals surface area contributed by atoms with Crippen LogP contribution in [-0.4, -0.2) is 31.1 Å². The molecule has 1 aromatic rings. The molecular formula is C14H21ClN2. The molecule has 0 amide bonds. The molecule has 1 aliphatic rings. The van der Waals surface area contributed by atoms with E-state index in [0.717, 1.165) is 18.1 Å². The zero-order valence-electron chi connectivity index (χ0n) is 10.7. The van der Waals surface area contributed by atoms with E-state index in [1.807, 2.05) is 12.1 Å². The molecule has 0 spiro atoms. The van der Waals surface area contributed by atoms with E-state index in [9.17, 15) is 0 Å². The highest BCUT2D eigenvalue weighted by atomic mass is 35.5. The summed E-state index contributed by atoms with van der Waals surface area (Å²) in [4.78, 5) is 2.37. The maximum absolute atomic E-state index is 5.86. The molecule has 1 N–H and O–H groups in total. The van der Waals surface area contributed by atoms with Gasteiger partial charge in [-0.25, -0.2) is 0 Å². The van der Waals surface area contributed by atoms with E-state index in [1.54, 1.807) is 0 Å². The van der Waals surface area contributed by atoms with Gasteiger partial charge in [-0.2, -0.15) is 0 Å². The Hall–Kier alpha value is -0.570. The highest BCUT2D eigenvalue weighted by molar-refractivity contribution is 6.30. The molecule has 1 saturated carbocycles. The maximum Gasteiger partial charge on any atom is 0.0406 e. The monoisotopic (exact) mass is 252 g/mol. The molecule has 0 aliphatic heterocycles. The molecular weight excluding hydrogens is 232 g/mol. The van der Waals surface area contributed by atoms with Crippen molar-refractivity contribution in [2.24, 2.45) is 0 Å². The fraction of sp³-hybridized carbons (Fsp3) is 0.571. The summed E-state index contributed by atoms with van der Waals surface area (Å²) in [6, 6.07) is 8.06. The molecule has 1 fully saturated rings. The molecule has 0 unspecified atom stereocenters. The summed E-state index contributed by atoms with van der Waals surface area (Å²) < 4.78 is 0. The van der Waals surface area contributed by atoms with Crippen molar-refractivity contribution in [2.75, 3.05) is 20.6 Å². The number of nitrogens with one attached hydrogen (secondary N) is 1. The Morgan fingerprint density at radius 3 is 2.35 bits per heavy atom. The van der Waals surface area contributed by atoms with Crippen LogP contribution in [0.4, 0.5) is 0 Å². The van der Waals surface area contributed by atoms with Gasteiger partial charge in [0.1, 0.15) is 0 Å². The number of likely N-dealkylation sites (N-methyl/N-ethyl adjacent to an activating group) is 1. The summed E-state index contributed by atoms with van der Waals surface area (Å²) in [5, 5.41) is 4.36. The number of halogens is 1. The van der Waals surface area contributed by atoms with E-state index >= 15 is 0 Å². The molecule has 0 bridgehead atoms. The van der Waals surface area contributed by atoms with E-state index in [0.29, 0.717) is 5.54 Å². The molecule has 1 aliphatic carbocycles. The van der Waals surface area contributed by atoms with Crippen LogP contribution in [0.1, 0.15) is 24.8 Å². The van der Waals surface area contributed by atoms with Crippen LogP contribution in [0.2, 0.25) is 5.02 Å². The highest BCUT2D eigenvalue weighted by Gasteiger charge is 2.38. The number of hydrogen-bond acceptors (Lipinski definition) is 2. The lowest BCUT2D eigenvalue weighted by atomic mass is 9.75. The van der Waals surface area contributed by atoms with Crippen LogP contribution in [0.15, 0.2) is 24.3 Å². The van der Waals surface area contributed by atoms with Crippen molar-refractivity contribution >= 4 is 11.6 Å². The van der Waals surface area contributed by atoms with Crippen LogP contribution in [0, 0.1) is 0 Å². The maximum atomic E-state index is 5.86. The van der Waals surface area contributed by atoms with E-state index in [2.05, 4.69) is 36.4 Å². The molecule has 0 aromatic heterocycles. The van der Waals surface area contributed by atoms with Gasteiger partial charge in [0.25, 0.3) is 0 Å². The second-order valence-electron chi connectivity index (χ2n) is 5.20. The van der Waals surface area contributed by atoms with Gasteiger partial charge in [-0.1, -0.05) is 23.7 Å². The number of benzene rings is 1. The van der Waals surface area contributed by atoms with E-state index in [1.165, 1.54) is 24.8 Å². The molecule has 0 heterocycles. The standard InChI is InChI=1S/C14H21ClN2/c1-17(2)14(8-3-9-14)11-16-10-12-4-6-13(15)7-5-12/h4-7,16H,3,8-11H2,1-2H3. The van der Waals surface area contributed by atoms with Gasteiger partial charge in [0.15, 0.2) is 0 Å². The summed E-state index contributed by atoms with van der Waals surface area (Å²) in [5.74, 6) is 0. The second kappa shape index (κ2) is 5.38. The molecule has 0 saturated heterocycles. The quantitative estimate of drug-likeness (QED) is 0.867. The van der Waals surface area contributed by atoms with Gasteiger partial charge >= 0.3 is 0 Å². The minimum atomic E-state index is 0.395. The van der Waals surface area contributed by atoms with Crippen LogP contribution in [0.5, 0.6) is 0 Å². The third-order valence-electron chi connectivity index (χ3n) is 3.93. The largest absolute Gasteiger partial charge is 0.311 e. The average Bonchev–Trinajstić information content (AvgIpc) is 2.24. The Morgan fingerprint density at radius 1 is 1.24 bits per heavy atom. The normalized spacial score (nSPS) is 18.1. The van der Waals surface area contributed by atoms with Gasteiger partial charge in [0, 0.05) is 23.7 Å². The van der Waals surface area contributed by atoms with Crippen LogP contribution in [-0.2, 0) is 6.54 Å². The third-order valence-corrected chi connectivity index (χ3v) is 4.18. The van der Waals surface area contributed by atoms with Crippen LogP contribution in [0.25, 0.3) is 0 Å². The minimum Gasteiger partial charge on any atom is -0.311 e. The number of rotatable bonds is 5. The number of nitrogens with zero attached hydrogens (tertiary/aromatic N) is 1. The average molecular weight is 253 g/mol. The number of hydrogen-bond donors (Lipinski definition) is 1. The first-order chi connectivity index (χ1) is 8.12. The third kappa shape index (κ3) is 3.01. The van der Waals surface area contributed by atoms with Crippen LogP contribution in [0.3, 0.4) is 0 Å². The van der Waals surface area contributed by atoms with E-state index in [4.69, 9.17) is 11.6 Å². The summed E-state index contributed by atoms with van der Waals surface area (Å²) in [7, 11) is 4.37. The van der Waals surface area contributed by atoms with Gasteiger partial charge in [0.2, 0.25) is 0 Å². The first-order valence-corrected chi connectivity index (χ1v) is 6.63. The smallest absolute Gasteiger partial charge is 0.0406 e. The first-order valence-electron chi connectivity index (χ1n) is 6.25. The fourth-order valence-corrected chi connectivity index (χ4v) is 2.53. The summed E-state index contributed by atoms with van der Waals surface area (Å²) in [5.41, 5.74) is 1.69. The van der Waals surface area contributed by atoms with Crippen molar-refractivity contribution in [3.05, 3.63) is 34.9 Å². The predicted octanol–water partition coefficient (Wildman–Crippen LogP) is 2.91. The molecule has 3 heteroatoms. The van der Waals surface area contributed by atoms with E-state index in [-0.39, 0.29) is 0 Å². The molecule has 0 radical (unpaired) electrons. The topological polar surface area (TPSA) is 15.3 Å². The summed E-state index contributed by atoms with van der Waals surface area (Å²) in [6.45, 7) is 2.00. The Labute approximate surface area is 109 Å². The van der Waals surface area contributed by atoms with Crippen molar-refractivity contribution in [3.63, 3.8) is 0 Å². The Morgan fingerprint density at radius 2 is 1.88 bits per heavy atom. The molecule has 17 heavy (non-hydrogen) atoms. The summed E-state index contributed by atoms with van der Waals surface area (Å²) >= 11 is 5.86. The second-order valence-corrected chi connectivity index (χ2v) is 5.64. The van der Waals surface area contributed by atoms with Crippen molar-refractivity contribution in [1.82, 2.24) is 10.2 Å². The lowest BCUT2D eigenvalue weighted by Crippen LogP contribution is -2.56. The van der Waals surface area contributed by atoms with Crippen LogP contribution >= 0.6 is 11.6 Å². The minimum absolute atomic E-state index is 0.395. The zero-order valence-corrected chi connectivity index (χ0v) is 11.4. The first kappa shape index (κ1) is 12.9. The lowest BCUT2D eigenvalue weighted by molar-refractivity contribution is 0.0598. The molecule has 2 rings (SSSR count). The van der Waals surface area contributed by atoms with Crippen molar-refractivity contribution < 1.29 is 0 Å². The van der Waals surface area contributed by atoms with Crippen molar-refractivity contribution in [2.45, 2.75) is 31.3 Å². The van der Waals surface area contributed by atoms with Gasteiger partial charge in [-0.3, -0.25) is 0 Å². The van der Waals surface area contributed by atoms with Gasteiger partial charge in [-0.15, -0.1) is 0 Å². The summed E-state index contributed by atoms with van der Waals surface area (Å²) in [6.07, 6.45) is 3.99. The Balaban J connectivity index is 1.81. The van der Waals surface area contributed by atoms with Gasteiger partial charge in [0.05, 0.1) is 0 Å². The van der Waals surface area contributed by atoms with Crippen molar-refractivity contribution in [1.29, 1.82) is 0 Å². The zero-order chi connectivity index (χ0) is 12.3. The lowest BCUT2D eigenvalue weighted by Gasteiger charge is -2.47. The highest BCUT2D eigenvalue weighted by Crippen LogP contribution is 2.35. The SMILES string of the molecule is CN(C)C1(CNCc2ccc(Cl)cc2)CCC1. The van der Waals surface area contributed by atoms with Gasteiger partial charge in [-0.05, 0) is 51.1 Å². The van der Waals surface area contributed by atoms with Crippen molar-refractivity contribution in [3.8, 4) is 0 Å². The van der Waals surface area contributed by atoms with E-state index < -0.39 is 0 Å². The molecule has 0 atom stereocenters. The van der Waals surface area contributed by atoms with Gasteiger partial charge < -0.3 is 10.2 Å². The molecule has 2 nitrogen and oxygen atoms in total. The van der Waals surface area contributed by atoms with Crippen LogP contribution < -0.4 is 5.32 Å². The Kier molecular flexibility index (Phi) is 4.08. The molecule has 94 valence electrons. The predicted molar refractivity (Wildman–Crippen MR) is 73.4 cm³/mol.